The summed E-state index contributed by atoms with van der Waals surface area (Å²) < 4.78 is 0. The molecule has 1 unspecified atom stereocenters. The molecule has 0 bridgehead atoms. The molecule has 0 spiro atoms. The lowest BCUT2D eigenvalue weighted by molar-refractivity contribution is -0.148. The van der Waals surface area contributed by atoms with Crippen LogP contribution in [0, 0.1) is 22.7 Å². The van der Waals surface area contributed by atoms with Gasteiger partial charge in [-0.3, -0.25) is 14.4 Å². The zero-order valence-corrected chi connectivity index (χ0v) is 11.3. The van der Waals surface area contributed by atoms with Gasteiger partial charge in [0.25, 0.3) is 0 Å². The summed E-state index contributed by atoms with van der Waals surface area (Å²) in [4.78, 5) is 36.0. The van der Waals surface area contributed by atoms with Crippen molar-refractivity contribution in [1.82, 2.24) is 4.90 Å². The van der Waals surface area contributed by atoms with E-state index in [1.54, 1.807) is 20.8 Å². The largest absolute Gasteiger partial charge is 0.481 e. The standard InChI is InChI=1S/C13H19NO5/c1-12(2)7(8(12)10(16)17)9(15)14-5-4-13(3,6-14)11(18)19/h7-8H,4-6H2,1-3H3,(H,16,17)(H,18,19)/t7-,8+,13?/m1/s1. The van der Waals surface area contributed by atoms with E-state index in [9.17, 15) is 14.4 Å². The third kappa shape index (κ3) is 1.99. The van der Waals surface area contributed by atoms with Crippen LogP contribution in [-0.2, 0) is 14.4 Å². The number of carbonyl (C=O) groups excluding carboxylic acids is 1. The van der Waals surface area contributed by atoms with Crippen LogP contribution in [0.2, 0.25) is 0 Å². The van der Waals surface area contributed by atoms with E-state index in [-0.39, 0.29) is 12.5 Å². The van der Waals surface area contributed by atoms with Gasteiger partial charge in [0.1, 0.15) is 0 Å². The van der Waals surface area contributed by atoms with Crippen LogP contribution < -0.4 is 0 Å². The number of nitrogens with zero attached hydrogens (tertiary/aromatic N) is 1. The molecule has 1 saturated carbocycles. The number of likely N-dealkylation sites (tertiary alicyclic amines) is 1. The maximum absolute atomic E-state index is 12.3. The highest BCUT2D eigenvalue weighted by atomic mass is 16.4. The van der Waals surface area contributed by atoms with Crippen LogP contribution in [0.25, 0.3) is 0 Å². The van der Waals surface area contributed by atoms with Crippen molar-refractivity contribution < 1.29 is 24.6 Å². The van der Waals surface area contributed by atoms with Crippen LogP contribution in [0.3, 0.4) is 0 Å². The Balaban J connectivity index is 2.08. The Kier molecular flexibility index (Phi) is 2.88. The molecule has 0 radical (unpaired) electrons. The van der Waals surface area contributed by atoms with Gasteiger partial charge in [0, 0.05) is 13.1 Å². The second-order valence-corrected chi connectivity index (χ2v) is 6.49. The third-order valence-electron chi connectivity index (χ3n) is 4.66. The van der Waals surface area contributed by atoms with E-state index in [0.29, 0.717) is 13.0 Å². The summed E-state index contributed by atoms with van der Waals surface area (Å²) in [6, 6.07) is 0. The Morgan fingerprint density at radius 1 is 1.11 bits per heavy atom. The highest BCUT2D eigenvalue weighted by molar-refractivity contribution is 5.92. The molecule has 0 aromatic heterocycles. The summed E-state index contributed by atoms with van der Waals surface area (Å²) in [5.74, 6) is -3.27. The van der Waals surface area contributed by atoms with Crippen molar-refractivity contribution in [2.45, 2.75) is 27.2 Å². The van der Waals surface area contributed by atoms with E-state index in [1.807, 2.05) is 0 Å². The minimum Gasteiger partial charge on any atom is -0.481 e. The van der Waals surface area contributed by atoms with Crippen LogP contribution >= 0.6 is 0 Å². The van der Waals surface area contributed by atoms with Gasteiger partial charge in [0.15, 0.2) is 0 Å². The summed E-state index contributed by atoms with van der Waals surface area (Å²) in [5, 5.41) is 18.2. The molecule has 1 saturated heterocycles. The van der Waals surface area contributed by atoms with E-state index < -0.39 is 34.6 Å². The number of hydrogen-bond donors (Lipinski definition) is 2. The number of hydrogen-bond acceptors (Lipinski definition) is 3. The number of carboxylic acid groups (broad SMARTS) is 2. The number of carboxylic acids is 2. The Labute approximate surface area is 111 Å². The zero-order valence-electron chi connectivity index (χ0n) is 11.3. The topological polar surface area (TPSA) is 94.9 Å². The average molecular weight is 269 g/mol. The van der Waals surface area contributed by atoms with Gasteiger partial charge in [0.2, 0.25) is 5.91 Å². The van der Waals surface area contributed by atoms with E-state index in [1.165, 1.54) is 4.90 Å². The SMILES string of the molecule is CC1(C(=O)O)CCN(C(=O)[C@H]2[C@@H](C(=O)O)C2(C)C)C1. The molecule has 2 fully saturated rings. The zero-order chi connectivity index (χ0) is 14.6. The molecule has 2 rings (SSSR count). The van der Waals surface area contributed by atoms with Gasteiger partial charge >= 0.3 is 11.9 Å². The van der Waals surface area contributed by atoms with Crippen LogP contribution in [0.15, 0.2) is 0 Å². The lowest BCUT2D eigenvalue weighted by Gasteiger charge is -2.20. The van der Waals surface area contributed by atoms with Crippen molar-refractivity contribution in [3.63, 3.8) is 0 Å². The summed E-state index contributed by atoms with van der Waals surface area (Å²) in [6.45, 7) is 5.71. The summed E-state index contributed by atoms with van der Waals surface area (Å²) in [7, 11) is 0. The van der Waals surface area contributed by atoms with E-state index in [2.05, 4.69) is 0 Å². The van der Waals surface area contributed by atoms with Gasteiger partial charge < -0.3 is 15.1 Å². The first kappa shape index (κ1) is 13.8. The smallest absolute Gasteiger partial charge is 0.311 e. The second kappa shape index (κ2) is 3.95. The van der Waals surface area contributed by atoms with Gasteiger partial charge in [0.05, 0.1) is 17.3 Å². The maximum Gasteiger partial charge on any atom is 0.311 e. The first-order valence-electron chi connectivity index (χ1n) is 6.36. The van der Waals surface area contributed by atoms with Crippen LogP contribution in [0.1, 0.15) is 27.2 Å². The molecule has 106 valence electrons. The van der Waals surface area contributed by atoms with Gasteiger partial charge in [-0.2, -0.15) is 0 Å². The molecule has 0 aromatic carbocycles. The van der Waals surface area contributed by atoms with Crippen molar-refractivity contribution in [2.24, 2.45) is 22.7 Å². The minimum atomic E-state index is -0.955. The van der Waals surface area contributed by atoms with Gasteiger partial charge in [-0.25, -0.2) is 0 Å². The molecular weight excluding hydrogens is 250 g/mol. The summed E-state index contributed by atoms with van der Waals surface area (Å²) in [6.07, 6.45) is 0.416. The normalized spacial score (nSPS) is 36.1. The summed E-state index contributed by atoms with van der Waals surface area (Å²) >= 11 is 0. The average Bonchev–Trinajstić information content (AvgIpc) is 2.66. The molecule has 6 nitrogen and oxygen atoms in total. The molecule has 1 aliphatic heterocycles. The van der Waals surface area contributed by atoms with Crippen molar-refractivity contribution >= 4 is 17.8 Å². The van der Waals surface area contributed by atoms with E-state index >= 15 is 0 Å². The fraction of sp³-hybridized carbons (Fsp3) is 0.769. The molecule has 0 aromatic rings. The predicted octanol–water partition coefficient (Wildman–Crippen LogP) is 0.666. The molecular formula is C13H19NO5. The quantitative estimate of drug-likeness (QED) is 0.785. The van der Waals surface area contributed by atoms with Gasteiger partial charge in [-0.1, -0.05) is 13.8 Å². The third-order valence-corrected chi connectivity index (χ3v) is 4.66. The molecule has 1 aliphatic carbocycles. The molecule has 1 amide bonds. The lowest BCUT2D eigenvalue weighted by atomic mass is 9.90. The highest BCUT2D eigenvalue weighted by Crippen LogP contribution is 2.59. The lowest BCUT2D eigenvalue weighted by Crippen LogP contribution is -2.36. The fourth-order valence-electron chi connectivity index (χ4n) is 3.08. The minimum absolute atomic E-state index is 0.167. The van der Waals surface area contributed by atoms with Crippen molar-refractivity contribution in [1.29, 1.82) is 0 Å². The van der Waals surface area contributed by atoms with Crippen molar-refractivity contribution in [2.75, 3.05) is 13.1 Å². The molecule has 2 aliphatic rings. The first-order chi connectivity index (χ1) is 8.61. The van der Waals surface area contributed by atoms with Gasteiger partial charge in [-0.15, -0.1) is 0 Å². The maximum atomic E-state index is 12.3. The number of rotatable bonds is 3. The van der Waals surface area contributed by atoms with E-state index in [0.717, 1.165) is 0 Å². The van der Waals surface area contributed by atoms with Crippen LogP contribution in [0.4, 0.5) is 0 Å². The van der Waals surface area contributed by atoms with Crippen LogP contribution in [-0.4, -0.2) is 46.0 Å². The number of carbonyl (C=O) groups is 3. The fourth-order valence-corrected chi connectivity index (χ4v) is 3.08. The molecule has 2 N–H and O–H groups in total. The molecule has 3 atom stereocenters. The Bertz CT molecular complexity index is 458. The van der Waals surface area contributed by atoms with Gasteiger partial charge in [-0.05, 0) is 18.8 Å². The van der Waals surface area contributed by atoms with Crippen molar-refractivity contribution in [3.05, 3.63) is 0 Å². The molecule has 19 heavy (non-hydrogen) atoms. The van der Waals surface area contributed by atoms with Crippen LogP contribution in [0.5, 0.6) is 0 Å². The monoisotopic (exact) mass is 269 g/mol. The molecule has 1 heterocycles. The number of aliphatic carboxylic acids is 2. The Hall–Kier alpha value is -1.59. The van der Waals surface area contributed by atoms with E-state index in [4.69, 9.17) is 10.2 Å². The Morgan fingerprint density at radius 3 is 2.05 bits per heavy atom. The van der Waals surface area contributed by atoms with Crippen molar-refractivity contribution in [3.8, 4) is 0 Å². The summed E-state index contributed by atoms with van der Waals surface area (Å²) in [5.41, 5.74) is -1.45. The first-order valence-corrected chi connectivity index (χ1v) is 6.36. The Morgan fingerprint density at radius 2 is 1.68 bits per heavy atom. The molecule has 6 heteroatoms. The second-order valence-electron chi connectivity index (χ2n) is 6.49. The highest BCUT2D eigenvalue weighted by Gasteiger charge is 2.67. The predicted molar refractivity (Wildman–Crippen MR) is 65.3 cm³/mol. The number of amides is 1.